The molecule has 0 saturated carbocycles. The van der Waals surface area contributed by atoms with Gasteiger partial charge in [0.15, 0.2) is 6.61 Å². The fourth-order valence-electron chi connectivity index (χ4n) is 4.17. The van der Waals surface area contributed by atoms with Gasteiger partial charge in [0, 0.05) is 10.7 Å². The number of hydrogen-bond donors (Lipinski definition) is 2. The van der Waals surface area contributed by atoms with Crippen molar-refractivity contribution in [2.45, 2.75) is 13.5 Å². The smallest absolute Gasteiger partial charge is 0.335 e. The molecular weight excluding hydrogens is 570 g/mol. The van der Waals surface area contributed by atoms with Crippen LogP contribution in [-0.2, 0) is 21.0 Å². The predicted molar refractivity (Wildman–Crippen MR) is 163 cm³/mol. The van der Waals surface area contributed by atoms with E-state index >= 15 is 0 Å². The molecule has 1 fully saturated rings. The van der Waals surface area contributed by atoms with Gasteiger partial charge in [-0.25, -0.2) is 9.69 Å². The molecule has 2 N–H and O–H groups in total. The monoisotopic (exact) mass is 595 g/mol. The van der Waals surface area contributed by atoms with Crippen LogP contribution in [0.15, 0.2) is 103 Å². The highest BCUT2D eigenvalue weighted by Crippen LogP contribution is 2.25. The molecule has 1 aliphatic rings. The molecule has 1 aliphatic heterocycles. The second-order valence-corrected chi connectivity index (χ2v) is 10.0. The van der Waals surface area contributed by atoms with E-state index in [4.69, 9.17) is 21.1 Å². The molecule has 0 unspecified atom stereocenters. The van der Waals surface area contributed by atoms with Gasteiger partial charge in [-0.05, 0) is 78.2 Å². The molecule has 9 nitrogen and oxygen atoms in total. The maximum absolute atomic E-state index is 13.2. The summed E-state index contributed by atoms with van der Waals surface area (Å²) in [6.07, 6.45) is 1.38. The number of carbonyl (C=O) groups excluding carboxylic acids is 4. The van der Waals surface area contributed by atoms with Crippen molar-refractivity contribution in [3.8, 4) is 11.5 Å². The molecule has 5 amide bonds. The first-order chi connectivity index (χ1) is 20.8. The Morgan fingerprint density at radius 2 is 1.56 bits per heavy atom. The van der Waals surface area contributed by atoms with Crippen molar-refractivity contribution in [2.75, 3.05) is 16.8 Å². The number of amides is 5. The summed E-state index contributed by atoms with van der Waals surface area (Å²) in [7, 11) is 0. The Morgan fingerprint density at radius 1 is 0.884 bits per heavy atom. The van der Waals surface area contributed by atoms with Gasteiger partial charge in [0.1, 0.15) is 23.7 Å². The summed E-state index contributed by atoms with van der Waals surface area (Å²) in [6.45, 7) is 2.00. The van der Waals surface area contributed by atoms with Crippen molar-refractivity contribution in [3.63, 3.8) is 0 Å². The fourth-order valence-corrected chi connectivity index (χ4v) is 4.35. The first-order valence-electron chi connectivity index (χ1n) is 13.2. The molecular formula is C33H26ClN3O6. The summed E-state index contributed by atoms with van der Waals surface area (Å²) < 4.78 is 11.3. The van der Waals surface area contributed by atoms with Gasteiger partial charge < -0.3 is 14.8 Å². The van der Waals surface area contributed by atoms with E-state index in [1.54, 1.807) is 66.7 Å². The highest BCUT2D eigenvalue weighted by atomic mass is 35.5. The Balaban J connectivity index is 1.21. The van der Waals surface area contributed by atoms with E-state index in [-0.39, 0.29) is 23.8 Å². The van der Waals surface area contributed by atoms with E-state index in [0.29, 0.717) is 34.4 Å². The topological polar surface area (TPSA) is 114 Å². The normalized spacial score (nSPS) is 14.0. The van der Waals surface area contributed by atoms with Crippen LogP contribution in [-0.4, -0.2) is 30.4 Å². The molecule has 43 heavy (non-hydrogen) atoms. The van der Waals surface area contributed by atoms with Crippen LogP contribution in [0.3, 0.4) is 0 Å². The lowest BCUT2D eigenvalue weighted by Crippen LogP contribution is -2.54. The minimum atomic E-state index is -0.847. The van der Waals surface area contributed by atoms with Gasteiger partial charge in [0.2, 0.25) is 0 Å². The third-order valence-corrected chi connectivity index (χ3v) is 6.87. The van der Waals surface area contributed by atoms with Crippen LogP contribution in [0, 0.1) is 6.92 Å². The second-order valence-electron chi connectivity index (χ2n) is 9.60. The standard InChI is InChI=1S/C33H26ClN3O6/c1-21-7-10-24(18-29(21)34)35-30(38)20-43-26-13-8-22(9-14-26)17-28-31(39)36-33(41)37(32(28)40)25-11-15-27(16-12-25)42-19-23-5-3-2-4-6-23/h2-18H,19-20H2,1H3,(H,35,38)(H,36,39,41)/b28-17-. The molecule has 1 saturated heterocycles. The average Bonchev–Trinajstić information content (AvgIpc) is 3.00. The van der Waals surface area contributed by atoms with Crippen molar-refractivity contribution in [3.05, 3.63) is 124 Å². The number of aryl methyl sites for hydroxylation is 1. The van der Waals surface area contributed by atoms with Gasteiger partial charge in [-0.3, -0.25) is 19.7 Å². The van der Waals surface area contributed by atoms with Crippen LogP contribution in [0.5, 0.6) is 11.5 Å². The molecule has 216 valence electrons. The van der Waals surface area contributed by atoms with Gasteiger partial charge in [0.25, 0.3) is 17.7 Å². The molecule has 0 bridgehead atoms. The summed E-state index contributed by atoms with van der Waals surface area (Å²) in [5, 5.41) is 5.47. The number of rotatable bonds is 9. The molecule has 0 radical (unpaired) electrons. The number of nitrogens with one attached hydrogen (secondary N) is 2. The van der Waals surface area contributed by atoms with E-state index in [1.165, 1.54) is 6.08 Å². The van der Waals surface area contributed by atoms with E-state index in [0.717, 1.165) is 16.0 Å². The minimum Gasteiger partial charge on any atom is -0.489 e. The SMILES string of the molecule is Cc1ccc(NC(=O)COc2ccc(/C=C3/C(=O)NC(=O)N(c4ccc(OCc5ccccc5)cc4)C3=O)cc2)cc1Cl. The van der Waals surface area contributed by atoms with Crippen LogP contribution in [0.4, 0.5) is 16.2 Å². The van der Waals surface area contributed by atoms with E-state index in [1.807, 2.05) is 37.3 Å². The number of imide groups is 2. The van der Waals surface area contributed by atoms with Crippen molar-refractivity contribution in [2.24, 2.45) is 0 Å². The average molecular weight is 596 g/mol. The van der Waals surface area contributed by atoms with Crippen LogP contribution in [0.1, 0.15) is 16.7 Å². The van der Waals surface area contributed by atoms with Gasteiger partial charge in [-0.2, -0.15) is 0 Å². The maximum atomic E-state index is 13.2. The molecule has 0 atom stereocenters. The Labute approximate surface area is 252 Å². The molecule has 0 aromatic heterocycles. The Morgan fingerprint density at radius 3 is 2.26 bits per heavy atom. The summed E-state index contributed by atoms with van der Waals surface area (Å²) >= 11 is 6.10. The van der Waals surface area contributed by atoms with E-state index < -0.39 is 17.8 Å². The molecule has 5 rings (SSSR count). The largest absolute Gasteiger partial charge is 0.489 e. The molecule has 4 aromatic carbocycles. The lowest BCUT2D eigenvalue weighted by Gasteiger charge is -2.26. The van der Waals surface area contributed by atoms with E-state index in [9.17, 15) is 19.2 Å². The fraction of sp³-hybridized carbons (Fsp3) is 0.0909. The first kappa shape index (κ1) is 29.1. The summed E-state index contributed by atoms with van der Waals surface area (Å²) in [5.74, 6) is -0.966. The summed E-state index contributed by atoms with van der Waals surface area (Å²) in [5.41, 5.74) is 3.04. The predicted octanol–water partition coefficient (Wildman–Crippen LogP) is 5.91. The number of barbiturate groups is 1. The summed E-state index contributed by atoms with van der Waals surface area (Å²) in [6, 6.07) is 26.9. The quantitative estimate of drug-likeness (QED) is 0.184. The van der Waals surface area contributed by atoms with Gasteiger partial charge >= 0.3 is 6.03 Å². The van der Waals surface area contributed by atoms with Gasteiger partial charge in [0.05, 0.1) is 5.69 Å². The van der Waals surface area contributed by atoms with Gasteiger partial charge in [-0.15, -0.1) is 0 Å². The Kier molecular flexibility index (Phi) is 8.83. The second kappa shape index (κ2) is 13.1. The number of benzene rings is 4. The number of ether oxygens (including phenoxy) is 2. The Hall–Kier alpha value is -5.41. The van der Waals surface area contributed by atoms with Gasteiger partial charge in [-0.1, -0.05) is 60.1 Å². The number of hydrogen-bond acceptors (Lipinski definition) is 6. The van der Waals surface area contributed by atoms with Crippen LogP contribution >= 0.6 is 11.6 Å². The lowest BCUT2D eigenvalue weighted by molar-refractivity contribution is -0.122. The van der Waals surface area contributed by atoms with Crippen LogP contribution < -0.4 is 25.0 Å². The molecule has 0 aliphatic carbocycles. The Bertz CT molecular complexity index is 1700. The zero-order valence-corrected chi connectivity index (χ0v) is 23.8. The number of nitrogens with zero attached hydrogens (tertiary/aromatic N) is 1. The number of anilines is 2. The van der Waals surface area contributed by atoms with Crippen molar-refractivity contribution >= 4 is 52.8 Å². The zero-order chi connectivity index (χ0) is 30.3. The molecule has 4 aromatic rings. The lowest BCUT2D eigenvalue weighted by atomic mass is 10.1. The highest BCUT2D eigenvalue weighted by molar-refractivity contribution is 6.39. The third-order valence-electron chi connectivity index (χ3n) is 6.46. The number of carbonyl (C=O) groups is 4. The molecule has 0 spiro atoms. The number of urea groups is 1. The third kappa shape index (κ3) is 7.27. The minimum absolute atomic E-state index is 0.214. The summed E-state index contributed by atoms with van der Waals surface area (Å²) in [4.78, 5) is 51.5. The van der Waals surface area contributed by atoms with Crippen LogP contribution in [0.2, 0.25) is 5.02 Å². The van der Waals surface area contributed by atoms with Crippen molar-refractivity contribution < 1.29 is 28.7 Å². The zero-order valence-electron chi connectivity index (χ0n) is 23.0. The maximum Gasteiger partial charge on any atom is 0.335 e. The van der Waals surface area contributed by atoms with Crippen LogP contribution in [0.25, 0.3) is 6.08 Å². The first-order valence-corrected chi connectivity index (χ1v) is 13.6. The van der Waals surface area contributed by atoms with E-state index in [2.05, 4.69) is 10.6 Å². The highest BCUT2D eigenvalue weighted by Gasteiger charge is 2.36. The number of halogens is 1. The molecule has 1 heterocycles. The molecule has 10 heteroatoms. The van der Waals surface area contributed by atoms with Crippen molar-refractivity contribution in [1.29, 1.82) is 0 Å². The van der Waals surface area contributed by atoms with Crippen molar-refractivity contribution in [1.82, 2.24) is 5.32 Å².